The summed E-state index contributed by atoms with van der Waals surface area (Å²) in [5, 5.41) is 4.11. The van der Waals surface area contributed by atoms with E-state index in [-0.39, 0.29) is 14.7 Å². The zero-order valence-corrected chi connectivity index (χ0v) is 8.17. The van der Waals surface area contributed by atoms with Gasteiger partial charge < -0.3 is 0 Å². The Balaban J connectivity index is 2.93. The molecule has 0 bridgehead atoms. The van der Waals surface area contributed by atoms with Crippen LogP contribution >= 0.6 is 0 Å². The van der Waals surface area contributed by atoms with Crippen molar-refractivity contribution in [2.24, 2.45) is 0 Å². The molecule has 2 aromatic rings. The Hall–Kier alpha value is -0.661. The monoisotopic (exact) mass is 212 g/mol. The molecule has 0 aliphatic heterocycles. The molecule has 1 aromatic carbocycles. The molecule has 1 heterocycles. The van der Waals surface area contributed by atoms with E-state index in [9.17, 15) is 0 Å². The fraction of sp³-hybridized carbons (Fsp3) is 0.250. The van der Waals surface area contributed by atoms with Gasteiger partial charge >= 0.3 is 70.8 Å². The van der Waals surface area contributed by atoms with Crippen LogP contribution < -0.4 is 0 Å². The molecule has 0 saturated heterocycles. The second kappa shape index (κ2) is 2.43. The van der Waals surface area contributed by atoms with Crippen molar-refractivity contribution in [2.75, 3.05) is 0 Å². The van der Waals surface area contributed by atoms with Gasteiger partial charge in [-0.25, -0.2) is 0 Å². The van der Waals surface area contributed by atoms with Gasteiger partial charge in [0.25, 0.3) is 0 Å². The van der Waals surface area contributed by atoms with Gasteiger partial charge in [-0.3, -0.25) is 0 Å². The van der Waals surface area contributed by atoms with Crippen molar-refractivity contribution < 1.29 is 0 Å². The molecule has 0 saturated carbocycles. The van der Waals surface area contributed by atoms with E-state index in [1.807, 2.05) is 0 Å². The van der Waals surface area contributed by atoms with E-state index in [0.29, 0.717) is 0 Å². The predicted octanol–water partition coefficient (Wildman–Crippen LogP) is 1.30. The molecule has 0 unspecified atom stereocenters. The Bertz CT molecular complexity index is 392. The van der Waals surface area contributed by atoms with Gasteiger partial charge in [-0.2, -0.15) is 0 Å². The Kier molecular flexibility index (Phi) is 1.55. The van der Waals surface area contributed by atoms with E-state index in [1.54, 1.807) is 0 Å². The van der Waals surface area contributed by atoms with Crippen LogP contribution in [0.2, 0.25) is 0 Å². The topological polar surface area (TPSA) is 25.8 Å². The number of aromatic nitrogens is 2. The minimum absolute atomic E-state index is 0.244. The van der Waals surface area contributed by atoms with Crippen LogP contribution in [0.4, 0.5) is 0 Å². The standard InChI is InChI=1S/C8H8N2Se/c1-5-3-4-7-8(6(5)2)9-10-11-7/h3-4H,1-2H3. The summed E-state index contributed by atoms with van der Waals surface area (Å²) in [5.74, 6) is 0. The van der Waals surface area contributed by atoms with Crippen LogP contribution in [-0.4, -0.2) is 23.9 Å². The van der Waals surface area contributed by atoms with Gasteiger partial charge in [0.2, 0.25) is 0 Å². The summed E-state index contributed by atoms with van der Waals surface area (Å²) in [4.78, 5) is 0. The normalized spacial score (nSPS) is 10.7. The molecule has 1 aromatic heterocycles. The Morgan fingerprint density at radius 1 is 1.27 bits per heavy atom. The fourth-order valence-corrected chi connectivity index (χ4v) is 2.38. The maximum absolute atomic E-state index is 4.11. The van der Waals surface area contributed by atoms with Crippen LogP contribution in [0.1, 0.15) is 11.1 Å². The van der Waals surface area contributed by atoms with Gasteiger partial charge in [-0.15, -0.1) is 0 Å². The molecule has 2 rings (SSSR count). The second-order valence-electron chi connectivity index (χ2n) is 2.63. The summed E-state index contributed by atoms with van der Waals surface area (Å²) in [6, 6.07) is 4.28. The number of benzene rings is 1. The molecule has 0 radical (unpaired) electrons. The Morgan fingerprint density at radius 2 is 2.09 bits per heavy atom. The molecular weight excluding hydrogens is 203 g/mol. The fourth-order valence-electron chi connectivity index (χ4n) is 1.08. The van der Waals surface area contributed by atoms with Crippen LogP contribution in [-0.2, 0) is 0 Å². The van der Waals surface area contributed by atoms with E-state index < -0.39 is 0 Å². The summed E-state index contributed by atoms with van der Waals surface area (Å²) < 4.78 is 5.36. The van der Waals surface area contributed by atoms with Crippen LogP contribution in [0, 0.1) is 13.8 Å². The average Bonchev–Trinajstić information content (AvgIpc) is 2.45. The van der Waals surface area contributed by atoms with Crippen molar-refractivity contribution in [1.29, 1.82) is 0 Å². The number of rotatable bonds is 0. The van der Waals surface area contributed by atoms with E-state index in [4.69, 9.17) is 0 Å². The van der Waals surface area contributed by atoms with Gasteiger partial charge in [-0.1, -0.05) is 0 Å². The van der Waals surface area contributed by atoms with Crippen LogP contribution in [0.3, 0.4) is 0 Å². The van der Waals surface area contributed by atoms with Crippen molar-refractivity contribution in [3.63, 3.8) is 0 Å². The Labute approximate surface area is 71.2 Å². The van der Waals surface area contributed by atoms with Gasteiger partial charge in [-0.05, 0) is 0 Å². The third kappa shape index (κ3) is 1.01. The van der Waals surface area contributed by atoms with Gasteiger partial charge in [0.05, 0.1) is 0 Å². The molecule has 0 N–H and O–H groups in total. The van der Waals surface area contributed by atoms with Crippen LogP contribution in [0.5, 0.6) is 0 Å². The molecule has 0 atom stereocenters. The molecule has 11 heavy (non-hydrogen) atoms. The predicted molar refractivity (Wildman–Crippen MR) is 46.0 cm³/mol. The van der Waals surface area contributed by atoms with Crippen LogP contribution in [0.15, 0.2) is 12.1 Å². The SMILES string of the molecule is Cc1ccc2[se]nnc2c1C. The Morgan fingerprint density at radius 3 is 2.91 bits per heavy atom. The van der Waals surface area contributed by atoms with Crippen molar-refractivity contribution >= 4 is 24.5 Å². The van der Waals surface area contributed by atoms with E-state index in [2.05, 4.69) is 35.2 Å². The van der Waals surface area contributed by atoms with Crippen molar-refractivity contribution in [3.05, 3.63) is 23.3 Å². The molecule has 0 amide bonds. The van der Waals surface area contributed by atoms with Crippen molar-refractivity contribution in [1.82, 2.24) is 9.19 Å². The van der Waals surface area contributed by atoms with E-state index in [1.165, 1.54) is 15.4 Å². The number of hydrogen-bond donors (Lipinski definition) is 0. The number of aryl methyl sites for hydroxylation is 2. The maximum atomic E-state index is 4.11. The first kappa shape index (κ1) is 7.01. The molecule has 0 aliphatic carbocycles. The summed E-state index contributed by atoms with van der Waals surface area (Å²) >= 11 is 0.244. The first-order chi connectivity index (χ1) is 5.29. The van der Waals surface area contributed by atoms with Gasteiger partial charge in [0.1, 0.15) is 0 Å². The van der Waals surface area contributed by atoms with Crippen molar-refractivity contribution in [3.8, 4) is 0 Å². The second-order valence-corrected chi connectivity index (χ2v) is 4.28. The molecule has 0 fully saturated rings. The number of hydrogen-bond acceptors (Lipinski definition) is 2. The first-order valence-electron chi connectivity index (χ1n) is 3.47. The quantitative estimate of drug-likeness (QED) is 0.614. The molecule has 56 valence electrons. The van der Waals surface area contributed by atoms with Crippen LogP contribution in [0.25, 0.3) is 9.78 Å². The molecular formula is C8H8N2Se. The zero-order valence-electron chi connectivity index (χ0n) is 6.46. The minimum atomic E-state index is 0.244. The summed E-state index contributed by atoms with van der Waals surface area (Å²) in [7, 11) is 0. The van der Waals surface area contributed by atoms with Gasteiger partial charge in [0, 0.05) is 0 Å². The number of nitrogens with zero attached hydrogens (tertiary/aromatic N) is 2. The number of fused-ring (bicyclic) bond motifs is 1. The molecule has 3 heteroatoms. The van der Waals surface area contributed by atoms with Crippen molar-refractivity contribution in [2.45, 2.75) is 13.8 Å². The average molecular weight is 211 g/mol. The summed E-state index contributed by atoms with van der Waals surface area (Å²) in [6.45, 7) is 4.21. The third-order valence-electron chi connectivity index (χ3n) is 1.94. The van der Waals surface area contributed by atoms with E-state index in [0.717, 1.165) is 5.52 Å². The zero-order chi connectivity index (χ0) is 7.84. The van der Waals surface area contributed by atoms with Gasteiger partial charge in [0.15, 0.2) is 0 Å². The first-order valence-corrected chi connectivity index (χ1v) is 5.09. The third-order valence-corrected chi connectivity index (χ3v) is 3.39. The van der Waals surface area contributed by atoms with E-state index >= 15 is 0 Å². The molecule has 2 nitrogen and oxygen atoms in total. The molecule has 0 aliphatic rings. The molecule has 0 spiro atoms. The summed E-state index contributed by atoms with van der Waals surface area (Å²) in [5.41, 5.74) is 3.70. The summed E-state index contributed by atoms with van der Waals surface area (Å²) in [6.07, 6.45) is 0.